The van der Waals surface area contributed by atoms with Crippen molar-refractivity contribution in [2.24, 2.45) is 0 Å². The van der Waals surface area contributed by atoms with Gasteiger partial charge < -0.3 is 5.32 Å². The zero-order valence-corrected chi connectivity index (χ0v) is 16.8. The Morgan fingerprint density at radius 2 is 1.52 bits per heavy atom. The molecule has 146 valence electrons. The van der Waals surface area contributed by atoms with Crippen LogP contribution in [0.25, 0.3) is 28.0 Å². The van der Waals surface area contributed by atoms with Crippen LogP contribution in [0.5, 0.6) is 0 Å². The molecular formula is C25H26N4. The molecule has 0 atom stereocenters. The van der Waals surface area contributed by atoms with Crippen molar-refractivity contribution < 1.29 is 0 Å². The number of fused-ring (bicyclic) bond motifs is 1. The quantitative estimate of drug-likeness (QED) is 0.462. The summed E-state index contributed by atoms with van der Waals surface area (Å²) in [5.41, 5.74) is 6.28. The third-order valence-electron chi connectivity index (χ3n) is 5.85. The SMILES string of the molecule is Cc1nn2c(NC3CCCCC3)cc(-c3ccccc3)nc2c1-c1ccccc1. The molecule has 0 aliphatic heterocycles. The van der Waals surface area contributed by atoms with Crippen LogP contribution in [0.2, 0.25) is 0 Å². The zero-order valence-electron chi connectivity index (χ0n) is 16.8. The molecule has 0 bridgehead atoms. The van der Waals surface area contributed by atoms with E-state index in [4.69, 9.17) is 10.1 Å². The second-order valence-corrected chi connectivity index (χ2v) is 7.93. The molecule has 0 amide bonds. The van der Waals surface area contributed by atoms with Gasteiger partial charge in [0.1, 0.15) is 5.82 Å². The molecule has 4 aromatic rings. The Kier molecular flexibility index (Phi) is 4.76. The van der Waals surface area contributed by atoms with Crippen LogP contribution >= 0.6 is 0 Å². The van der Waals surface area contributed by atoms with E-state index in [0.717, 1.165) is 39.5 Å². The largest absolute Gasteiger partial charge is 0.367 e. The number of aromatic nitrogens is 3. The number of hydrogen-bond acceptors (Lipinski definition) is 3. The summed E-state index contributed by atoms with van der Waals surface area (Å²) < 4.78 is 2.00. The average molecular weight is 383 g/mol. The van der Waals surface area contributed by atoms with E-state index < -0.39 is 0 Å². The molecule has 0 spiro atoms. The van der Waals surface area contributed by atoms with Gasteiger partial charge in [-0.25, -0.2) is 4.98 Å². The topological polar surface area (TPSA) is 42.2 Å². The molecule has 29 heavy (non-hydrogen) atoms. The fourth-order valence-corrected chi connectivity index (χ4v) is 4.38. The van der Waals surface area contributed by atoms with Gasteiger partial charge in [0.25, 0.3) is 0 Å². The van der Waals surface area contributed by atoms with Crippen LogP contribution in [0.4, 0.5) is 5.82 Å². The fourth-order valence-electron chi connectivity index (χ4n) is 4.38. The molecule has 4 heteroatoms. The highest BCUT2D eigenvalue weighted by Gasteiger charge is 2.20. The van der Waals surface area contributed by atoms with E-state index >= 15 is 0 Å². The lowest BCUT2D eigenvalue weighted by molar-refractivity contribution is 0.461. The molecule has 1 N–H and O–H groups in total. The maximum absolute atomic E-state index is 5.06. The van der Waals surface area contributed by atoms with Crippen molar-refractivity contribution in [1.82, 2.24) is 14.6 Å². The predicted octanol–water partition coefficient (Wildman–Crippen LogP) is 6.12. The smallest absolute Gasteiger partial charge is 0.166 e. The van der Waals surface area contributed by atoms with Crippen LogP contribution in [0.3, 0.4) is 0 Å². The summed E-state index contributed by atoms with van der Waals surface area (Å²) in [6.07, 6.45) is 6.38. The monoisotopic (exact) mass is 382 g/mol. The van der Waals surface area contributed by atoms with Crippen LogP contribution in [-0.2, 0) is 0 Å². The first-order valence-electron chi connectivity index (χ1n) is 10.6. The van der Waals surface area contributed by atoms with Crippen LogP contribution in [0, 0.1) is 6.92 Å². The summed E-state index contributed by atoms with van der Waals surface area (Å²) >= 11 is 0. The van der Waals surface area contributed by atoms with E-state index in [2.05, 4.69) is 66.8 Å². The van der Waals surface area contributed by atoms with Crippen molar-refractivity contribution in [3.63, 3.8) is 0 Å². The molecule has 0 unspecified atom stereocenters. The van der Waals surface area contributed by atoms with Gasteiger partial charge in [-0.05, 0) is 25.3 Å². The fraction of sp³-hybridized carbons (Fsp3) is 0.280. The van der Waals surface area contributed by atoms with Crippen LogP contribution < -0.4 is 5.32 Å². The second-order valence-electron chi connectivity index (χ2n) is 7.93. The number of aryl methyl sites for hydroxylation is 1. The Labute approximate surface area is 171 Å². The normalized spacial score (nSPS) is 14.9. The molecule has 2 aromatic carbocycles. The van der Waals surface area contributed by atoms with Crippen molar-refractivity contribution in [2.45, 2.75) is 45.1 Å². The molecule has 0 saturated heterocycles. The van der Waals surface area contributed by atoms with Gasteiger partial charge in [0.15, 0.2) is 5.65 Å². The zero-order chi connectivity index (χ0) is 19.6. The van der Waals surface area contributed by atoms with Gasteiger partial charge in [-0.15, -0.1) is 0 Å². The van der Waals surface area contributed by atoms with Crippen molar-refractivity contribution in [1.29, 1.82) is 0 Å². The van der Waals surface area contributed by atoms with E-state index in [0.29, 0.717) is 6.04 Å². The maximum atomic E-state index is 5.06. The van der Waals surface area contributed by atoms with Crippen LogP contribution in [-0.4, -0.2) is 20.6 Å². The summed E-state index contributed by atoms with van der Waals surface area (Å²) in [7, 11) is 0. The number of benzene rings is 2. The number of rotatable bonds is 4. The van der Waals surface area contributed by atoms with Gasteiger partial charge in [-0.2, -0.15) is 9.61 Å². The molecule has 2 heterocycles. The number of anilines is 1. The summed E-state index contributed by atoms with van der Waals surface area (Å²) in [6.45, 7) is 2.07. The summed E-state index contributed by atoms with van der Waals surface area (Å²) in [5, 5.41) is 8.67. The minimum atomic E-state index is 0.502. The number of nitrogens with zero attached hydrogens (tertiary/aromatic N) is 3. The van der Waals surface area contributed by atoms with E-state index in [9.17, 15) is 0 Å². The molecule has 1 saturated carbocycles. The molecule has 1 aliphatic carbocycles. The Bertz CT molecular complexity index is 1110. The summed E-state index contributed by atoms with van der Waals surface area (Å²) in [6, 6.07) is 23.5. The summed E-state index contributed by atoms with van der Waals surface area (Å²) in [5.74, 6) is 1.03. The maximum Gasteiger partial charge on any atom is 0.166 e. The highest BCUT2D eigenvalue weighted by molar-refractivity contribution is 5.82. The first-order chi connectivity index (χ1) is 14.3. The van der Waals surface area contributed by atoms with Crippen molar-refractivity contribution >= 4 is 11.5 Å². The minimum absolute atomic E-state index is 0.502. The Morgan fingerprint density at radius 1 is 0.862 bits per heavy atom. The molecule has 1 aliphatic rings. The van der Waals surface area contributed by atoms with Gasteiger partial charge in [0, 0.05) is 23.2 Å². The van der Waals surface area contributed by atoms with Crippen molar-refractivity contribution in [3.8, 4) is 22.4 Å². The number of hydrogen-bond donors (Lipinski definition) is 1. The number of nitrogens with one attached hydrogen (secondary N) is 1. The van der Waals surface area contributed by atoms with E-state index in [1.807, 2.05) is 16.6 Å². The van der Waals surface area contributed by atoms with Gasteiger partial charge in [0.2, 0.25) is 0 Å². The Hall–Kier alpha value is -3.14. The lowest BCUT2D eigenvalue weighted by atomic mass is 9.95. The third-order valence-corrected chi connectivity index (χ3v) is 5.85. The molecule has 5 rings (SSSR count). The van der Waals surface area contributed by atoms with Crippen molar-refractivity contribution in [2.75, 3.05) is 5.32 Å². The lowest BCUT2D eigenvalue weighted by Gasteiger charge is -2.24. The lowest BCUT2D eigenvalue weighted by Crippen LogP contribution is -2.24. The minimum Gasteiger partial charge on any atom is -0.367 e. The first-order valence-corrected chi connectivity index (χ1v) is 10.6. The highest BCUT2D eigenvalue weighted by Crippen LogP contribution is 2.32. The standard InChI is InChI=1S/C25H26N4/c1-18-24(20-13-7-3-8-14-20)25-27-22(19-11-5-2-6-12-19)17-23(29(25)28-18)26-21-15-9-4-10-16-21/h2-3,5-8,11-14,17,21,26H,4,9-10,15-16H2,1H3. The van der Waals surface area contributed by atoms with Crippen molar-refractivity contribution in [3.05, 3.63) is 72.4 Å². The Morgan fingerprint density at radius 3 is 2.21 bits per heavy atom. The van der Waals surface area contributed by atoms with E-state index in [1.54, 1.807) is 0 Å². The van der Waals surface area contributed by atoms with Gasteiger partial charge in [0.05, 0.1) is 11.4 Å². The van der Waals surface area contributed by atoms with Gasteiger partial charge >= 0.3 is 0 Å². The van der Waals surface area contributed by atoms with Gasteiger partial charge in [-0.3, -0.25) is 0 Å². The molecule has 1 fully saturated rings. The van der Waals surface area contributed by atoms with E-state index in [-0.39, 0.29) is 0 Å². The van der Waals surface area contributed by atoms with Crippen LogP contribution in [0.1, 0.15) is 37.8 Å². The van der Waals surface area contributed by atoms with Crippen LogP contribution in [0.15, 0.2) is 66.7 Å². The highest BCUT2D eigenvalue weighted by atomic mass is 15.3. The second kappa shape index (κ2) is 7.70. The molecular weight excluding hydrogens is 356 g/mol. The van der Waals surface area contributed by atoms with E-state index in [1.165, 1.54) is 32.1 Å². The molecule has 2 aromatic heterocycles. The molecule has 4 nitrogen and oxygen atoms in total. The average Bonchev–Trinajstić information content (AvgIpc) is 3.12. The predicted molar refractivity (Wildman–Crippen MR) is 119 cm³/mol. The summed E-state index contributed by atoms with van der Waals surface area (Å²) in [4.78, 5) is 5.06. The van der Waals surface area contributed by atoms with Gasteiger partial charge in [-0.1, -0.05) is 79.9 Å². The Balaban J connectivity index is 1.70. The molecule has 0 radical (unpaired) electrons. The first kappa shape index (κ1) is 17.9. The third kappa shape index (κ3) is 3.51.